The predicted octanol–water partition coefficient (Wildman–Crippen LogP) is 4.03. The van der Waals surface area contributed by atoms with Gasteiger partial charge in [0.2, 0.25) is 0 Å². The predicted molar refractivity (Wildman–Crippen MR) is 100.0 cm³/mol. The second kappa shape index (κ2) is 7.36. The Morgan fingerprint density at radius 3 is 2.32 bits per heavy atom. The first-order valence-corrected chi connectivity index (χ1v) is 8.45. The molecule has 1 atom stereocenters. The number of nitro benzene ring substituents is 1. The lowest BCUT2D eigenvalue weighted by Crippen LogP contribution is -2.17. The third-order valence-electron chi connectivity index (χ3n) is 4.41. The van der Waals surface area contributed by atoms with Gasteiger partial charge in [0.1, 0.15) is 11.9 Å². The highest BCUT2D eigenvalue weighted by Crippen LogP contribution is 2.31. The SMILES string of the molecule is O=[N+]([O-])c1ccc(F)c(C(c2ccc(-c3ccccc3)cc2)n2ncnn2)c1. The number of nitro groups is 1. The van der Waals surface area contributed by atoms with Crippen LogP contribution >= 0.6 is 0 Å². The molecular formula is C20H14FN5O2. The molecule has 0 spiro atoms. The van der Waals surface area contributed by atoms with Crippen LogP contribution in [0.3, 0.4) is 0 Å². The van der Waals surface area contributed by atoms with E-state index >= 15 is 0 Å². The van der Waals surface area contributed by atoms with Crippen LogP contribution in [0, 0.1) is 15.9 Å². The minimum atomic E-state index is -0.785. The lowest BCUT2D eigenvalue weighted by Gasteiger charge is -2.17. The number of hydrogen-bond acceptors (Lipinski definition) is 5. The van der Waals surface area contributed by atoms with E-state index in [1.54, 1.807) is 0 Å². The molecule has 7 nitrogen and oxygen atoms in total. The van der Waals surface area contributed by atoms with Crippen molar-refractivity contribution in [3.63, 3.8) is 0 Å². The van der Waals surface area contributed by atoms with Gasteiger partial charge in [-0.3, -0.25) is 10.1 Å². The van der Waals surface area contributed by atoms with Gasteiger partial charge in [0.25, 0.3) is 5.69 Å². The Bertz CT molecular complexity index is 1100. The van der Waals surface area contributed by atoms with Gasteiger partial charge in [0, 0.05) is 17.7 Å². The number of nitrogens with zero attached hydrogens (tertiary/aromatic N) is 5. The van der Waals surface area contributed by atoms with Crippen LogP contribution in [0.1, 0.15) is 17.2 Å². The van der Waals surface area contributed by atoms with Gasteiger partial charge in [-0.05, 0) is 28.0 Å². The summed E-state index contributed by atoms with van der Waals surface area (Å²) in [6.07, 6.45) is 1.24. The third-order valence-corrected chi connectivity index (χ3v) is 4.41. The van der Waals surface area contributed by atoms with Crippen molar-refractivity contribution >= 4 is 5.69 Å². The zero-order chi connectivity index (χ0) is 19.5. The summed E-state index contributed by atoms with van der Waals surface area (Å²) in [4.78, 5) is 11.8. The smallest absolute Gasteiger partial charge is 0.258 e. The Hall–Kier alpha value is -3.94. The van der Waals surface area contributed by atoms with E-state index in [1.165, 1.54) is 17.2 Å². The van der Waals surface area contributed by atoms with E-state index < -0.39 is 16.8 Å². The van der Waals surface area contributed by atoms with Crippen molar-refractivity contribution in [2.24, 2.45) is 0 Å². The van der Waals surface area contributed by atoms with Crippen LogP contribution in [0.4, 0.5) is 10.1 Å². The van der Waals surface area contributed by atoms with E-state index in [2.05, 4.69) is 15.4 Å². The van der Waals surface area contributed by atoms with E-state index in [0.29, 0.717) is 5.56 Å². The minimum Gasteiger partial charge on any atom is -0.258 e. The molecule has 0 bridgehead atoms. The number of tetrazole rings is 1. The van der Waals surface area contributed by atoms with Crippen molar-refractivity contribution in [2.45, 2.75) is 6.04 Å². The van der Waals surface area contributed by atoms with Gasteiger partial charge in [0.15, 0.2) is 6.33 Å². The molecule has 0 radical (unpaired) electrons. The van der Waals surface area contributed by atoms with Crippen LogP contribution in [0.15, 0.2) is 79.1 Å². The summed E-state index contributed by atoms with van der Waals surface area (Å²) in [7, 11) is 0. The van der Waals surface area contributed by atoms with Gasteiger partial charge >= 0.3 is 0 Å². The molecule has 1 aromatic heterocycles. The lowest BCUT2D eigenvalue weighted by atomic mass is 9.96. The van der Waals surface area contributed by atoms with Gasteiger partial charge < -0.3 is 0 Å². The summed E-state index contributed by atoms with van der Waals surface area (Å²) in [5.74, 6) is -0.583. The summed E-state index contributed by atoms with van der Waals surface area (Å²) >= 11 is 0. The van der Waals surface area contributed by atoms with Crippen molar-refractivity contribution in [3.8, 4) is 11.1 Å². The van der Waals surface area contributed by atoms with E-state index in [9.17, 15) is 14.5 Å². The maximum absolute atomic E-state index is 14.6. The molecule has 4 rings (SSSR count). The molecule has 0 N–H and O–H groups in total. The van der Waals surface area contributed by atoms with Crippen LogP contribution in [-0.4, -0.2) is 25.1 Å². The van der Waals surface area contributed by atoms with Gasteiger partial charge in [-0.1, -0.05) is 54.6 Å². The summed E-state index contributed by atoms with van der Waals surface area (Å²) in [6.45, 7) is 0. The highest BCUT2D eigenvalue weighted by atomic mass is 19.1. The largest absolute Gasteiger partial charge is 0.270 e. The number of halogens is 1. The fourth-order valence-corrected chi connectivity index (χ4v) is 3.07. The lowest BCUT2D eigenvalue weighted by molar-refractivity contribution is -0.385. The molecule has 0 amide bonds. The van der Waals surface area contributed by atoms with E-state index in [4.69, 9.17) is 0 Å². The maximum atomic E-state index is 14.6. The average Bonchev–Trinajstić information content (AvgIpc) is 3.25. The zero-order valence-corrected chi connectivity index (χ0v) is 14.5. The van der Waals surface area contributed by atoms with Crippen molar-refractivity contribution in [1.29, 1.82) is 0 Å². The molecule has 28 heavy (non-hydrogen) atoms. The van der Waals surface area contributed by atoms with Crippen molar-refractivity contribution in [3.05, 3.63) is 106 Å². The summed E-state index contributed by atoms with van der Waals surface area (Å²) in [5.41, 5.74) is 2.61. The number of non-ortho nitro benzene ring substituents is 1. The molecular weight excluding hydrogens is 361 g/mol. The standard InChI is InChI=1S/C20H14FN5O2/c21-19-11-10-17(26(27)28)12-18(19)20(25-23-13-22-24-25)16-8-6-15(7-9-16)14-4-2-1-3-5-14/h1-13,20H. The van der Waals surface area contributed by atoms with E-state index in [1.807, 2.05) is 54.6 Å². The van der Waals surface area contributed by atoms with Crippen LogP contribution in [0.2, 0.25) is 0 Å². The van der Waals surface area contributed by atoms with Crippen molar-refractivity contribution in [1.82, 2.24) is 20.2 Å². The minimum absolute atomic E-state index is 0.0969. The van der Waals surface area contributed by atoms with Crippen LogP contribution in [-0.2, 0) is 0 Å². The second-order valence-corrected chi connectivity index (χ2v) is 6.11. The first-order chi connectivity index (χ1) is 13.6. The topological polar surface area (TPSA) is 86.7 Å². The zero-order valence-electron chi connectivity index (χ0n) is 14.5. The van der Waals surface area contributed by atoms with Gasteiger partial charge in [-0.25, -0.2) is 4.39 Å². The normalized spacial score (nSPS) is 11.9. The van der Waals surface area contributed by atoms with E-state index in [0.717, 1.165) is 23.3 Å². The Morgan fingerprint density at radius 1 is 0.964 bits per heavy atom. The van der Waals surface area contributed by atoms with Gasteiger partial charge in [-0.15, -0.1) is 10.2 Å². The summed E-state index contributed by atoms with van der Waals surface area (Å²) < 4.78 is 14.6. The number of hydrogen-bond donors (Lipinski definition) is 0. The van der Waals surface area contributed by atoms with E-state index in [-0.39, 0.29) is 11.3 Å². The van der Waals surface area contributed by atoms with Crippen molar-refractivity contribution < 1.29 is 9.31 Å². The molecule has 4 aromatic rings. The first-order valence-electron chi connectivity index (χ1n) is 8.45. The highest BCUT2D eigenvalue weighted by Gasteiger charge is 2.24. The molecule has 138 valence electrons. The molecule has 1 heterocycles. The summed E-state index contributed by atoms with van der Waals surface area (Å²) in [5, 5.41) is 22.7. The van der Waals surface area contributed by atoms with Gasteiger partial charge in [-0.2, -0.15) is 4.80 Å². The molecule has 0 fully saturated rings. The third kappa shape index (κ3) is 3.35. The first kappa shape index (κ1) is 17.5. The maximum Gasteiger partial charge on any atom is 0.270 e. The van der Waals surface area contributed by atoms with Gasteiger partial charge in [0.05, 0.1) is 4.92 Å². The molecule has 3 aromatic carbocycles. The van der Waals surface area contributed by atoms with Crippen LogP contribution in [0.25, 0.3) is 11.1 Å². The van der Waals surface area contributed by atoms with Crippen LogP contribution in [0.5, 0.6) is 0 Å². The molecule has 8 heteroatoms. The fourth-order valence-electron chi connectivity index (χ4n) is 3.07. The molecule has 0 saturated carbocycles. The van der Waals surface area contributed by atoms with Crippen LogP contribution < -0.4 is 0 Å². The molecule has 0 aliphatic heterocycles. The molecule has 0 aliphatic carbocycles. The number of aromatic nitrogens is 4. The summed E-state index contributed by atoms with van der Waals surface area (Å²) in [6, 6.07) is 19.9. The Morgan fingerprint density at radius 2 is 1.68 bits per heavy atom. The fraction of sp³-hybridized carbons (Fsp3) is 0.0500. The number of rotatable bonds is 5. The number of benzene rings is 3. The molecule has 0 aliphatic rings. The monoisotopic (exact) mass is 375 g/mol. The van der Waals surface area contributed by atoms with Crippen molar-refractivity contribution in [2.75, 3.05) is 0 Å². The Kier molecular flexibility index (Phi) is 4.59. The average molecular weight is 375 g/mol. The molecule has 1 unspecified atom stereocenters. The highest BCUT2D eigenvalue weighted by molar-refractivity contribution is 5.63. The molecule has 0 saturated heterocycles. The second-order valence-electron chi connectivity index (χ2n) is 6.11. The quantitative estimate of drug-likeness (QED) is 0.388. The Labute approximate surface area is 159 Å². The Balaban J connectivity index is 1.80.